The summed E-state index contributed by atoms with van der Waals surface area (Å²) in [5, 5.41) is 0. The minimum Gasteiger partial charge on any atom is -0.493 e. The predicted molar refractivity (Wildman–Crippen MR) is 107 cm³/mol. The normalized spacial score (nSPS) is 15.6. The van der Waals surface area contributed by atoms with Crippen LogP contribution in [0.15, 0.2) is 67.0 Å². The first-order valence-corrected chi connectivity index (χ1v) is 9.23. The molecular formula is C23H22N2O3. The lowest BCUT2D eigenvalue weighted by Gasteiger charge is -2.38. The summed E-state index contributed by atoms with van der Waals surface area (Å²) in [7, 11) is 3.27. The molecule has 5 heteroatoms. The molecule has 142 valence electrons. The summed E-state index contributed by atoms with van der Waals surface area (Å²) in [6.07, 6.45) is 4.06. The molecule has 2 aromatic carbocycles. The standard InChI is InChI=1S/C23H22N2O3/c1-27-20-14-18-10-13-25(23(26)17-8-11-24-12-9-17)22(16-6-4-3-5-7-16)19(18)15-21(20)28-2/h3-9,11-12,14-15,22H,10,13H2,1-2H3. The van der Waals surface area contributed by atoms with Crippen LogP contribution < -0.4 is 9.47 Å². The lowest BCUT2D eigenvalue weighted by molar-refractivity contribution is 0.0694. The van der Waals surface area contributed by atoms with E-state index < -0.39 is 0 Å². The third-order valence-corrected chi connectivity index (χ3v) is 5.18. The van der Waals surface area contributed by atoms with Crippen molar-refractivity contribution in [2.45, 2.75) is 12.5 Å². The fourth-order valence-corrected chi connectivity index (χ4v) is 3.82. The van der Waals surface area contributed by atoms with Crippen LogP contribution in [0.5, 0.6) is 11.5 Å². The van der Waals surface area contributed by atoms with Gasteiger partial charge in [0.05, 0.1) is 20.3 Å². The van der Waals surface area contributed by atoms with E-state index in [2.05, 4.69) is 17.1 Å². The quantitative estimate of drug-likeness (QED) is 0.695. The van der Waals surface area contributed by atoms with Crippen LogP contribution in [0.1, 0.15) is 33.1 Å². The third kappa shape index (κ3) is 3.20. The fourth-order valence-electron chi connectivity index (χ4n) is 3.82. The van der Waals surface area contributed by atoms with Gasteiger partial charge < -0.3 is 14.4 Å². The van der Waals surface area contributed by atoms with Gasteiger partial charge in [-0.15, -0.1) is 0 Å². The number of fused-ring (bicyclic) bond motifs is 1. The Bertz CT molecular complexity index is 974. The Balaban J connectivity index is 1.84. The monoisotopic (exact) mass is 374 g/mol. The van der Waals surface area contributed by atoms with Gasteiger partial charge in [0.25, 0.3) is 5.91 Å². The van der Waals surface area contributed by atoms with E-state index in [0.717, 1.165) is 17.5 Å². The zero-order chi connectivity index (χ0) is 19.5. The Kier molecular flexibility index (Phi) is 4.98. The lowest BCUT2D eigenvalue weighted by Crippen LogP contribution is -2.40. The maximum atomic E-state index is 13.3. The lowest BCUT2D eigenvalue weighted by atomic mass is 9.87. The molecule has 28 heavy (non-hydrogen) atoms. The Hall–Kier alpha value is -3.34. The first-order valence-electron chi connectivity index (χ1n) is 9.23. The van der Waals surface area contributed by atoms with E-state index in [1.165, 1.54) is 5.56 Å². The molecule has 1 aliphatic heterocycles. The van der Waals surface area contributed by atoms with E-state index in [1.807, 2.05) is 35.2 Å². The smallest absolute Gasteiger partial charge is 0.254 e. The zero-order valence-corrected chi connectivity index (χ0v) is 16.0. The summed E-state index contributed by atoms with van der Waals surface area (Å²) in [6.45, 7) is 0.628. The Labute approximate surface area is 164 Å². The molecule has 1 unspecified atom stereocenters. The second-order valence-electron chi connectivity index (χ2n) is 6.70. The summed E-state index contributed by atoms with van der Waals surface area (Å²) >= 11 is 0. The Morgan fingerprint density at radius 3 is 2.36 bits per heavy atom. The molecule has 0 aliphatic carbocycles. The molecule has 4 rings (SSSR count). The van der Waals surface area contributed by atoms with E-state index in [1.54, 1.807) is 38.7 Å². The van der Waals surface area contributed by atoms with Crippen molar-refractivity contribution in [3.8, 4) is 11.5 Å². The average Bonchev–Trinajstić information content (AvgIpc) is 2.77. The number of ether oxygens (including phenoxy) is 2. The van der Waals surface area contributed by atoms with E-state index >= 15 is 0 Å². The number of carbonyl (C=O) groups is 1. The SMILES string of the molecule is COc1cc2c(cc1OC)C(c1ccccc1)N(C(=O)c1ccncc1)CC2. The molecular weight excluding hydrogens is 352 g/mol. The Morgan fingerprint density at radius 1 is 1.00 bits per heavy atom. The number of amides is 1. The second kappa shape index (κ2) is 7.72. The summed E-state index contributed by atoms with van der Waals surface area (Å²) < 4.78 is 11.0. The van der Waals surface area contributed by atoms with Gasteiger partial charge in [-0.25, -0.2) is 0 Å². The second-order valence-corrected chi connectivity index (χ2v) is 6.70. The van der Waals surface area contributed by atoms with Crippen LogP contribution in [-0.2, 0) is 6.42 Å². The first kappa shape index (κ1) is 18.0. The van der Waals surface area contributed by atoms with Gasteiger partial charge in [-0.1, -0.05) is 30.3 Å². The van der Waals surface area contributed by atoms with Gasteiger partial charge in [0.2, 0.25) is 0 Å². The van der Waals surface area contributed by atoms with Gasteiger partial charge in [-0.2, -0.15) is 0 Å². The van der Waals surface area contributed by atoms with Crippen LogP contribution in [0.3, 0.4) is 0 Å². The van der Waals surface area contributed by atoms with E-state index in [-0.39, 0.29) is 11.9 Å². The molecule has 1 aromatic heterocycles. The van der Waals surface area contributed by atoms with Gasteiger partial charge >= 0.3 is 0 Å². The van der Waals surface area contributed by atoms with Crippen LogP contribution in [0.25, 0.3) is 0 Å². The minimum atomic E-state index is -0.189. The molecule has 1 aliphatic rings. The number of hydrogen-bond donors (Lipinski definition) is 0. The third-order valence-electron chi connectivity index (χ3n) is 5.18. The zero-order valence-electron chi connectivity index (χ0n) is 16.0. The van der Waals surface area contributed by atoms with Gasteiger partial charge in [-0.3, -0.25) is 9.78 Å². The largest absolute Gasteiger partial charge is 0.493 e. The molecule has 1 amide bonds. The molecule has 0 radical (unpaired) electrons. The van der Waals surface area contributed by atoms with Crippen LogP contribution in [0.4, 0.5) is 0 Å². The maximum Gasteiger partial charge on any atom is 0.254 e. The highest BCUT2D eigenvalue weighted by Crippen LogP contribution is 2.41. The Morgan fingerprint density at radius 2 is 1.68 bits per heavy atom. The predicted octanol–water partition coefficient (Wildman–Crippen LogP) is 3.89. The molecule has 0 fully saturated rings. The molecule has 0 N–H and O–H groups in total. The number of nitrogens with zero attached hydrogens (tertiary/aromatic N) is 2. The number of pyridine rings is 1. The fraction of sp³-hybridized carbons (Fsp3) is 0.217. The highest BCUT2D eigenvalue weighted by Gasteiger charge is 2.33. The van der Waals surface area contributed by atoms with E-state index in [4.69, 9.17) is 9.47 Å². The van der Waals surface area contributed by atoms with Crippen molar-refractivity contribution in [3.05, 3.63) is 89.2 Å². The van der Waals surface area contributed by atoms with Gasteiger partial charge in [0.15, 0.2) is 11.5 Å². The number of aromatic nitrogens is 1. The molecule has 1 atom stereocenters. The number of rotatable bonds is 4. The topological polar surface area (TPSA) is 51.7 Å². The van der Waals surface area contributed by atoms with Crippen LogP contribution in [-0.4, -0.2) is 36.6 Å². The van der Waals surface area contributed by atoms with Crippen molar-refractivity contribution in [1.29, 1.82) is 0 Å². The van der Waals surface area contributed by atoms with Gasteiger partial charge in [-0.05, 0) is 47.4 Å². The van der Waals surface area contributed by atoms with Crippen molar-refractivity contribution in [1.82, 2.24) is 9.88 Å². The van der Waals surface area contributed by atoms with Crippen molar-refractivity contribution in [2.24, 2.45) is 0 Å². The number of carbonyl (C=O) groups excluding carboxylic acids is 1. The summed E-state index contributed by atoms with van der Waals surface area (Å²) in [6, 6.07) is 17.5. The first-order chi connectivity index (χ1) is 13.7. The summed E-state index contributed by atoms with van der Waals surface area (Å²) in [5.74, 6) is 1.37. The summed E-state index contributed by atoms with van der Waals surface area (Å²) in [5.41, 5.74) is 3.95. The van der Waals surface area contributed by atoms with Crippen LogP contribution in [0.2, 0.25) is 0 Å². The number of methoxy groups -OCH3 is 2. The molecule has 3 aromatic rings. The molecule has 0 bridgehead atoms. The van der Waals surface area contributed by atoms with Gasteiger partial charge in [0, 0.05) is 24.5 Å². The molecule has 0 saturated carbocycles. The molecule has 0 saturated heterocycles. The van der Waals surface area contributed by atoms with Crippen molar-refractivity contribution in [2.75, 3.05) is 20.8 Å². The number of hydrogen-bond acceptors (Lipinski definition) is 4. The van der Waals surface area contributed by atoms with E-state index in [9.17, 15) is 4.79 Å². The van der Waals surface area contributed by atoms with Crippen molar-refractivity contribution < 1.29 is 14.3 Å². The maximum absolute atomic E-state index is 13.3. The molecule has 5 nitrogen and oxygen atoms in total. The molecule has 2 heterocycles. The molecule has 0 spiro atoms. The van der Waals surface area contributed by atoms with Gasteiger partial charge in [0.1, 0.15) is 0 Å². The van der Waals surface area contributed by atoms with Crippen molar-refractivity contribution >= 4 is 5.91 Å². The van der Waals surface area contributed by atoms with E-state index in [0.29, 0.717) is 23.6 Å². The van der Waals surface area contributed by atoms with Crippen molar-refractivity contribution in [3.63, 3.8) is 0 Å². The highest BCUT2D eigenvalue weighted by molar-refractivity contribution is 5.94. The average molecular weight is 374 g/mol. The summed E-state index contributed by atoms with van der Waals surface area (Å²) in [4.78, 5) is 19.3. The van der Waals surface area contributed by atoms with Crippen LogP contribution >= 0.6 is 0 Å². The number of benzene rings is 2. The minimum absolute atomic E-state index is 0.00307. The highest BCUT2D eigenvalue weighted by atomic mass is 16.5. The van der Waals surface area contributed by atoms with Crippen LogP contribution in [0, 0.1) is 0 Å².